The van der Waals surface area contributed by atoms with Gasteiger partial charge in [-0.1, -0.05) is 18.2 Å². The van der Waals surface area contributed by atoms with Gasteiger partial charge in [0.2, 0.25) is 0 Å². The summed E-state index contributed by atoms with van der Waals surface area (Å²) in [5.74, 6) is 0.993. The van der Waals surface area contributed by atoms with Crippen molar-refractivity contribution in [1.29, 1.82) is 0 Å². The van der Waals surface area contributed by atoms with Gasteiger partial charge in [-0.2, -0.15) is 0 Å². The van der Waals surface area contributed by atoms with Gasteiger partial charge in [0.1, 0.15) is 11.5 Å². The lowest BCUT2D eigenvalue weighted by Crippen LogP contribution is -2.22. The van der Waals surface area contributed by atoms with Gasteiger partial charge in [0.15, 0.2) is 0 Å². The van der Waals surface area contributed by atoms with Gasteiger partial charge in [-0.3, -0.25) is 0 Å². The summed E-state index contributed by atoms with van der Waals surface area (Å²) in [5.41, 5.74) is 2.07. The molecule has 0 bridgehead atoms. The molecule has 0 spiro atoms. The molecule has 0 amide bonds. The van der Waals surface area contributed by atoms with Crippen LogP contribution < -0.4 is 4.74 Å². The van der Waals surface area contributed by atoms with Crippen LogP contribution in [0.25, 0.3) is 10.8 Å². The minimum atomic E-state index is -0.0898. The largest absolute Gasteiger partial charge is 0.507 e. The lowest BCUT2D eigenvalue weighted by molar-refractivity contribution is -0.00582. The topological polar surface area (TPSA) is 38.7 Å². The predicted molar refractivity (Wildman–Crippen MR) is 74.8 cm³/mol. The Kier molecular flexibility index (Phi) is 2.86. The average Bonchev–Trinajstić information content (AvgIpc) is 2.36. The van der Waals surface area contributed by atoms with Crippen molar-refractivity contribution >= 4 is 10.8 Å². The maximum Gasteiger partial charge on any atom is 0.133 e. The Balaban J connectivity index is 2.34. The minimum Gasteiger partial charge on any atom is -0.507 e. The fourth-order valence-corrected chi connectivity index (χ4v) is 3.04. The van der Waals surface area contributed by atoms with E-state index in [0.717, 1.165) is 22.8 Å². The molecule has 1 aliphatic heterocycles. The summed E-state index contributed by atoms with van der Waals surface area (Å²) in [6.07, 6.45) is 0.929. The fourth-order valence-electron chi connectivity index (χ4n) is 3.04. The maximum absolute atomic E-state index is 10.6. The van der Waals surface area contributed by atoms with E-state index in [1.807, 2.05) is 25.1 Å². The van der Waals surface area contributed by atoms with Crippen molar-refractivity contribution in [3.63, 3.8) is 0 Å². The van der Waals surface area contributed by atoms with Gasteiger partial charge >= 0.3 is 0 Å². The number of phenols is 1. The molecule has 1 aliphatic rings. The molecular weight excluding hydrogens is 240 g/mol. The van der Waals surface area contributed by atoms with Crippen LogP contribution in [0.5, 0.6) is 11.5 Å². The van der Waals surface area contributed by atoms with Crippen LogP contribution >= 0.6 is 0 Å². The zero-order chi connectivity index (χ0) is 13.6. The van der Waals surface area contributed by atoms with Gasteiger partial charge in [0.25, 0.3) is 0 Å². The van der Waals surface area contributed by atoms with E-state index in [0.29, 0.717) is 11.5 Å². The summed E-state index contributed by atoms with van der Waals surface area (Å²) in [6.45, 7) is 4.04. The molecule has 2 aromatic carbocycles. The minimum absolute atomic E-state index is 0.0898. The number of benzene rings is 2. The van der Waals surface area contributed by atoms with E-state index in [4.69, 9.17) is 9.47 Å². The van der Waals surface area contributed by atoms with Crippen LogP contribution in [-0.4, -0.2) is 18.3 Å². The zero-order valence-corrected chi connectivity index (χ0v) is 11.4. The maximum atomic E-state index is 10.6. The van der Waals surface area contributed by atoms with Crippen molar-refractivity contribution in [2.24, 2.45) is 0 Å². The Morgan fingerprint density at radius 1 is 1.32 bits per heavy atom. The third-order valence-corrected chi connectivity index (χ3v) is 3.80. The number of methoxy groups -OCH3 is 1. The Morgan fingerprint density at radius 3 is 2.84 bits per heavy atom. The first-order valence-corrected chi connectivity index (χ1v) is 6.58. The van der Waals surface area contributed by atoms with Crippen molar-refractivity contribution in [3.05, 3.63) is 35.4 Å². The van der Waals surface area contributed by atoms with E-state index in [1.165, 1.54) is 5.56 Å². The van der Waals surface area contributed by atoms with Crippen LogP contribution in [-0.2, 0) is 11.2 Å². The molecule has 19 heavy (non-hydrogen) atoms. The second kappa shape index (κ2) is 4.42. The number of phenolic OH excluding ortho intramolecular Hbond substituents is 1. The van der Waals surface area contributed by atoms with Crippen molar-refractivity contribution in [1.82, 2.24) is 0 Å². The summed E-state index contributed by atoms with van der Waals surface area (Å²) in [7, 11) is 1.62. The van der Waals surface area contributed by atoms with Crippen LogP contribution in [0.1, 0.15) is 31.1 Å². The van der Waals surface area contributed by atoms with Gasteiger partial charge in [-0.05, 0) is 37.3 Å². The predicted octanol–water partition coefficient (Wildman–Crippen LogP) is 3.58. The number of aromatic hydroxyl groups is 1. The second-order valence-electron chi connectivity index (χ2n) is 5.15. The van der Waals surface area contributed by atoms with E-state index < -0.39 is 0 Å². The van der Waals surface area contributed by atoms with Crippen molar-refractivity contribution in [2.75, 3.05) is 7.11 Å². The molecule has 0 aliphatic carbocycles. The Hall–Kier alpha value is -1.74. The number of rotatable bonds is 1. The Bertz CT molecular complexity index is 633. The number of hydrogen-bond acceptors (Lipinski definition) is 3. The van der Waals surface area contributed by atoms with Crippen LogP contribution in [0.2, 0.25) is 0 Å². The lowest BCUT2D eigenvalue weighted by atomic mass is 9.90. The number of hydrogen-bond donors (Lipinski definition) is 1. The highest BCUT2D eigenvalue weighted by molar-refractivity contribution is 5.95. The van der Waals surface area contributed by atoms with Crippen LogP contribution in [0.3, 0.4) is 0 Å². The lowest BCUT2D eigenvalue weighted by Gasteiger charge is -2.29. The summed E-state index contributed by atoms with van der Waals surface area (Å²) >= 11 is 0. The van der Waals surface area contributed by atoms with E-state index in [-0.39, 0.29) is 12.2 Å². The van der Waals surface area contributed by atoms with E-state index in [2.05, 4.69) is 13.0 Å². The number of ether oxygens (including phenoxy) is 2. The molecule has 0 aromatic heterocycles. The Morgan fingerprint density at radius 2 is 2.11 bits per heavy atom. The molecule has 0 fully saturated rings. The monoisotopic (exact) mass is 258 g/mol. The smallest absolute Gasteiger partial charge is 0.133 e. The van der Waals surface area contributed by atoms with Crippen molar-refractivity contribution in [2.45, 2.75) is 32.5 Å². The standard InChI is InChI=1S/C16H18O3/c1-9-7-12-8-11-5-4-6-13(18-3)15(11)16(17)14(12)10(2)19-9/h4-6,8-10,17H,7H2,1-3H3. The molecule has 2 atom stereocenters. The third kappa shape index (κ3) is 1.85. The molecule has 0 radical (unpaired) electrons. The molecule has 1 N–H and O–H groups in total. The molecule has 3 heteroatoms. The quantitative estimate of drug-likeness (QED) is 0.849. The normalized spacial score (nSPS) is 22.3. The van der Waals surface area contributed by atoms with Crippen LogP contribution in [0, 0.1) is 0 Å². The van der Waals surface area contributed by atoms with Crippen LogP contribution in [0.4, 0.5) is 0 Å². The molecule has 100 valence electrons. The number of fused-ring (bicyclic) bond motifs is 2. The van der Waals surface area contributed by atoms with Gasteiger partial charge in [0, 0.05) is 5.56 Å². The highest BCUT2D eigenvalue weighted by Crippen LogP contribution is 2.43. The van der Waals surface area contributed by atoms with Gasteiger partial charge in [-0.25, -0.2) is 0 Å². The molecule has 0 saturated carbocycles. The van der Waals surface area contributed by atoms with Crippen molar-refractivity contribution < 1.29 is 14.6 Å². The molecule has 3 rings (SSSR count). The highest BCUT2D eigenvalue weighted by Gasteiger charge is 2.27. The zero-order valence-electron chi connectivity index (χ0n) is 11.4. The van der Waals surface area contributed by atoms with Gasteiger partial charge in [0.05, 0.1) is 24.7 Å². The van der Waals surface area contributed by atoms with E-state index in [1.54, 1.807) is 7.11 Å². The second-order valence-corrected chi connectivity index (χ2v) is 5.15. The summed E-state index contributed by atoms with van der Waals surface area (Å²) in [4.78, 5) is 0. The SMILES string of the molecule is COc1cccc2cc3c(c(O)c12)C(C)OC(C)C3. The first-order valence-electron chi connectivity index (χ1n) is 6.58. The van der Waals surface area contributed by atoms with Crippen molar-refractivity contribution in [3.8, 4) is 11.5 Å². The van der Waals surface area contributed by atoms with Gasteiger partial charge in [-0.15, -0.1) is 0 Å². The summed E-state index contributed by atoms with van der Waals surface area (Å²) < 4.78 is 11.2. The first-order chi connectivity index (χ1) is 9.11. The molecule has 2 unspecified atom stereocenters. The molecular formula is C16H18O3. The molecule has 3 nitrogen and oxygen atoms in total. The summed E-state index contributed by atoms with van der Waals surface area (Å²) in [6, 6.07) is 7.95. The average molecular weight is 258 g/mol. The molecule has 1 heterocycles. The van der Waals surface area contributed by atoms with Gasteiger partial charge < -0.3 is 14.6 Å². The van der Waals surface area contributed by atoms with Crippen LogP contribution in [0.15, 0.2) is 24.3 Å². The van der Waals surface area contributed by atoms with E-state index in [9.17, 15) is 5.11 Å². The van der Waals surface area contributed by atoms with E-state index >= 15 is 0 Å². The fraction of sp³-hybridized carbons (Fsp3) is 0.375. The molecule has 0 saturated heterocycles. The Labute approximate surface area is 112 Å². The third-order valence-electron chi connectivity index (χ3n) is 3.80. The molecule has 2 aromatic rings. The highest BCUT2D eigenvalue weighted by atomic mass is 16.5. The first kappa shape index (κ1) is 12.3. The summed E-state index contributed by atoms with van der Waals surface area (Å²) in [5, 5.41) is 12.4.